The number of ether oxygens (including phenoxy) is 2. The average molecular weight is 399 g/mol. The molecule has 0 fully saturated rings. The van der Waals surface area contributed by atoms with Crippen molar-refractivity contribution in [2.75, 3.05) is 13.2 Å². The van der Waals surface area contributed by atoms with Crippen LogP contribution in [0.3, 0.4) is 0 Å². The highest BCUT2D eigenvalue weighted by atomic mass is 16.6. The van der Waals surface area contributed by atoms with Gasteiger partial charge in [-0.1, -0.05) is 51.9 Å². The summed E-state index contributed by atoms with van der Waals surface area (Å²) in [5, 5.41) is 0. The molecule has 0 saturated heterocycles. The Hall–Kier alpha value is -2.43. The number of hydrogen-bond donors (Lipinski definition) is 0. The molecule has 5 nitrogen and oxygen atoms in total. The molecule has 2 aromatic rings. The number of esters is 1. The van der Waals surface area contributed by atoms with Gasteiger partial charge in [0.15, 0.2) is 12.4 Å². The van der Waals surface area contributed by atoms with Crippen LogP contribution in [-0.4, -0.2) is 29.2 Å². The van der Waals surface area contributed by atoms with Gasteiger partial charge >= 0.3 is 5.97 Å². The molecule has 1 aromatic carbocycles. The van der Waals surface area contributed by atoms with Crippen LogP contribution in [-0.2, 0) is 16.0 Å². The molecule has 0 bridgehead atoms. The first-order chi connectivity index (χ1) is 14.2. The molecule has 0 spiro atoms. The molecule has 5 heteroatoms. The fraction of sp³-hybridized carbons (Fsp3) is 0.542. The number of rotatable bonds is 14. The van der Waals surface area contributed by atoms with Crippen molar-refractivity contribution >= 4 is 5.97 Å². The summed E-state index contributed by atoms with van der Waals surface area (Å²) >= 11 is 0. The minimum absolute atomic E-state index is 0.0862. The van der Waals surface area contributed by atoms with Gasteiger partial charge in [0.05, 0.1) is 6.61 Å². The third-order valence-corrected chi connectivity index (χ3v) is 4.80. The lowest BCUT2D eigenvalue weighted by atomic mass is 10.1. The van der Waals surface area contributed by atoms with Crippen LogP contribution in [0, 0.1) is 0 Å². The van der Waals surface area contributed by atoms with E-state index in [0.717, 1.165) is 12.0 Å². The van der Waals surface area contributed by atoms with Gasteiger partial charge in [0, 0.05) is 18.0 Å². The third-order valence-electron chi connectivity index (χ3n) is 4.80. The molecule has 0 saturated carbocycles. The van der Waals surface area contributed by atoms with Crippen LogP contribution < -0.4 is 4.74 Å². The van der Waals surface area contributed by atoms with E-state index in [4.69, 9.17) is 9.47 Å². The number of carbonyl (C=O) groups excluding carboxylic acids is 1. The number of unbranched alkanes of at least 4 members (excludes halogenated alkanes) is 7. The smallest absolute Gasteiger partial charge is 0.344 e. The lowest BCUT2D eigenvalue weighted by Gasteiger charge is -2.07. The Bertz CT molecular complexity index is 699. The summed E-state index contributed by atoms with van der Waals surface area (Å²) < 4.78 is 10.3. The average Bonchev–Trinajstić information content (AvgIpc) is 2.75. The highest BCUT2D eigenvalue weighted by Crippen LogP contribution is 2.19. The fourth-order valence-electron chi connectivity index (χ4n) is 3.14. The number of aromatic nitrogens is 2. The Morgan fingerprint density at radius 3 is 2.10 bits per heavy atom. The maximum absolute atomic E-state index is 11.3. The molecule has 0 amide bonds. The van der Waals surface area contributed by atoms with Crippen molar-refractivity contribution in [3.8, 4) is 17.1 Å². The summed E-state index contributed by atoms with van der Waals surface area (Å²) in [7, 11) is 0. The highest BCUT2D eigenvalue weighted by molar-refractivity contribution is 5.71. The monoisotopic (exact) mass is 398 g/mol. The van der Waals surface area contributed by atoms with Crippen molar-refractivity contribution in [2.45, 2.75) is 71.6 Å². The van der Waals surface area contributed by atoms with E-state index in [-0.39, 0.29) is 12.6 Å². The topological polar surface area (TPSA) is 61.3 Å². The Morgan fingerprint density at radius 2 is 1.48 bits per heavy atom. The van der Waals surface area contributed by atoms with Gasteiger partial charge in [-0.3, -0.25) is 0 Å². The van der Waals surface area contributed by atoms with Crippen molar-refractivity contribution in [2.24, 2.45) is 0 Å². The fourth-order valence-corrected chi connectivity index (χ4v) is 3.14. The Labute approximate surface area is 174 Å². The minimum Gasteiger partial charge on any atom is -0.482 e. The second kappa shape index (κ2) is 13.7. The normalized spacial score (nSPS) is 10.7. The van der Waals surface area contributed by atoms with E-state index in [2.05, 4.69) is 16.9 Å². The summed E-state index contributed by atoms with van der Waals surface area (Å²) in [6, 6.07) is 7.42. The molecule has 29 heavy (non-hydrogen) atoms. The van der Waals surface area contributed by atoms with Crippen LogP contribution >= 0.6 is 0 Å². The number of benzene rings is 1. The summed E-state index contributed by atoms with van der Waals surface area (Å²) in [5.74, 6) is 0.946. The molecule has 1 heterocycles. The van der Waals surface area contributed by atoms with Gasteiger partial charge in [0.25, 0.3) is 0 Å². The van der Waals surface area contributed by atoms with Crippen LogP contribution in [0.25, 0.3) is 11.4 Å². The summed E-state index contributed by atoms with van der Waals surface area (Å²) in [6.45, 7) is 4.30. The highest BCUT2D eigenvalue weighted by Gasteiger charge is 2.05. The zero-order chi connectivity index (χ0) is 20.7. The molecule has 0 aliphatic heterocycles. The molecule has 0 aliphatic rings. The third kappa shape index (κ3) is 9.07. The van der Waals surface area contributed by atoms with Gasteiger partial charge in [-0.15, -0.1) is 0 Å². The molecule has 1 aromatic heterocycles. The molecule has 0 atom stereocenters. The van der Waals surface area contributed by atoms with Gasteiger partial charge < -0.3 is 9.47 Å². The molecule has 2 rings (SSSR count). The SMILES string of the molecule is CCCCCCCCCCc1cnc(-c2ccc(OCC(=O)OCC)cc2)nc1. The van der Waals surface area contributed by atoms with E-state index in [1.165, 1.54) is 56.9 Å². The van der Waals surface area contributed by atoms with Crippen LogP contribution in [0.1, 0.15) is 70.8 Å². The van der Waals surface area contributed by atoms with Gasteiger partial charge in [0.2, 0.25) is 0 Å². The first-order valence-electron chi connectivity index (χ1n) is 10.9. The summed E-state index contributed by atoms with van der Waals surface area (Å²) in [5.41, 5.74) is 2.11. The Morgan fingerprint density at radius 1 is 0.862 bits per heavy atom. The van der Waals surface area contributed by atoms with Crippen LogP contribution in [0.2, 0.25) is 0 Å². The zero-order valence-electron chi connectivity index (χ0n) is 17.9. The molecule has 0 unspecified atom stereocenters. The maximum Gasteiger partial charge on any atom is 0.344 e. The molecule has 158 valence electrons. The van der Waals surface area contributed by atoms with Crippen LogP contribution in [0.15, 0.2) is 36.7 Å². The molecule has 0 N–H and O–H groups in total. The number of carbonyl (C=O) groups is 1. The van der Waals surface area contributed by atoms with E-state index in [1.54, 1.807) is 6.92 Å². The van der Waals surface area contributed by atoms with Gasteiger partial charge in [-0.25, -0.2) is 14.8 Å². The predicted molar refractivity (Wildman–Crippen MR) is 116 cm³/mol. The van der Waals surface area contributed by atoms with E-state index in [9.17, 15) is 4.79 Å². The molecular weight excluding hydrogens is 364 g/mol. The maximum atomic E-state index is 11.3. The van der Waals surface area contributed by atoms with Crippen LogP contribution in [0.5, 0.6) is 5.75 Å². The standard InChI is InChI=1S/C24H34N2O3/c1-3-5-6-7-8-9-10-11-12-20-17-25-24(26-18-20)21-13-15-22(16-14-21)29-19-23(27)28-4-2/h13-18H,3-12,19H2,1-2H3. The van der Waals surface area contributed by atoms with Crippen molar-refractivity contribution in [1.82, 2.24) is 9.97 Å². The van der Waals surface area contributed by atoms with E-state index in [0.29, 0.717) is 18.2 Å². The van der Waals surface area contributed by atoms with E-state index < -0.39 is 0 Å². The quantitative estimate of drug-likeness (QED) is 0.299. The Kier molecular flexibility index (Phi) is 10.8. The zero-order valence-corrected chi connectivity index (χ0v) is 17.9. The second-order valence-corrected chi connectivity index (χ2v) is 7.26. The molecule has 0 aliphatic carbocycles. The predicted octanol–water partition coefficient (Wildman–Crippen LogP) is 5.77. The molecular formula is C24H34N2O3. The van der Waals surface area contributed by atoms with Crippen molar-refractivity contribution in [3.05, 3.63) is 42.2 Å². The van der Waals surface area contributed by atoms with Crippen molar-refractivity contribution < 1.29 is 14.3 Å². The van der Waals surface area contributed by atoms with E-state index in [1.807, 2.05) is 36.7 Å². The number of nitrogens with zero attached hydrogens (tertiary/aromatic N) is 2. The first-order valence-corrected chi connectivity index (χ1v) is 10.9. The number of hydrogen-bond acceptors (Lipinski definition) is 5. The second-order valence-electron chi connectivity index (χ2n) is 7.26. The van der Waals surface area contributed by atoms with Crippen molar-refractivity contribution in [1.29, 1.82) is 0 Å². The minimum atomic E-state index is -0.369. The van der Waals surface area contributed by atoms with E-state index >= 15 is 0 Å². The summed E-state index contributed by atoms with van der Waals surface area (Å²) in [6.07, 6.45) is 15.5. The van der Waals surface area contributed by atoms with Crippen molar-refractivity contribution in [3.63, 3.8) is 0 Å². The van der Waals surface area contributed by atoms with Crippen LogP contribution in [0.4, 0.5) is 0 Å². The Balaban J connectivity index is 1.71. The first kappa shape index (κ1) is 22.9. The lowest BCUT2D eigenvalue weighted by molar-refractivity contribution is -0.145. The number of aryl methyl sites for hydroxylation is 1. The van der Waals surface area contributed by atoms with Gasteiger partial charge in [0.1, 0.15) is 5.75 Å². The largest absolute Gasteiger partial charge is 0.482 e. The van der Waals surface area contributed by atoms with Gasteiger partial charge in [-0.2, -0.15) is 0 Å². The molecule has 0 radical (unpaired) electrons. The summed E-state index contributed by atoms with van der Waals surface area (Å²) in [4.78, 5) is 20.3. The lowest BCUT2D eigenvalue weighted by Crippen LogP contribution is -2.14. The van der Waals surface area contributed by atoms with Gasteiger partial charge in [-0.05, 0) is 49.6 Å².